The molecule has 2 rings (SSSR count). The normalized spacial score (nSPS) is 16.7. The highest BCUT2D eigenvalue weighted by Crippen LogP contribution is 2.20. The molecule has 0 aliphatic heterocycles. The van der Waals surface area contributed by atoms with Gasteiger partial charge in [-0.2, -0.15) is 0 Å². The summed E-state index contributed by atoms with van der Waals surface area (Å²) in [4.78, 5) is 40.1. The number of alkyl carbamates (subject to hydrolysis) is 1. The van der Waals surface area contributed by atoms with Crippen LogP contribution in [0.25, 0.3) is 10.8 Å². The Hall–Kier alpha value is -3.17. The zero-order chi connectivity index (χ0) is 33.2. The van der Waals surface area contributed by atoms with E-state index in [2.05, 4.69) is 16.0 Å². The second-order valence-corrected chi connectivity index (χ2v) is 13.6. The van der Waals surface area contributed by atoms with Crippen LogP contribution in [0.4, 0.5) is 4.79 Å². The number of carbonyl (C=O) groups excluding carboxylic acids is 3. The average molecular weight is 614 g/mol. The molecule has 0 saturated carbocycles. The Morgan fingerprint density at radius 3 is 1.89 bits per heavy atom. The highest BCUT2D eigenvalue weighted by atomic mass is 16.6. The summed E-state index contributed by atoms with van der Waals surface area (Å²) in [5, 5.41) is 32.8. The number of nitrogens with one attached hydrogen (secondary N) is 3. The fraction of sp³-hybridized carbons (Fsp3) is 0.629. The van der Waals surface area contributed by atoms with Crippen molar-refractivity contribution in [2.24, 2.45) is 17.8 Å². The van der Waals surface area contributed by atoms with Crippen LogP contribution in [0, 0.1) is 17.8 Å². The van der Waals surface area contributed by atoms with E-state index in [1.54, 1.807) is 20.8 Å². The molecule has 0 aromatic heterocycles. The van der Waals surface area contributed by atoms with Gasteiger partial charge in [0.15, 0.2) is 0 Å². The summed E-state index contributed by atoms with van der Waals surface area (Å²) in [5.74, 6) is -1.29. The standard InChI is InChI=1S/C35H55N3O6/c1-10-22(5)29(37-33(42)30(23(6)11-2)38-34(43)44-35(7,8)9)32(41)36-27(31(40)28(39)18-21(3)4)20-24-16-17-25-14-12-13-15-26(25)19-24/h12-17,19,21-23,27-31,39-40H,10-11,18,20H2,1-9H3,(H,36,41)(H,37,42)(H,38,43)/t22?,23?,27-,28-,29?,30?,31+/m0/s1. The molecule has 4 unspecified atom stereocenters. The minimum atomic E-state index is -1.23. The molecule has 0 fully saturated rings. The monoisotopic (exact) mass is 613 g/mol. The molecule has 9 nitrogen and oxygen atoms in total. The van der Waals surface area contributed by atoms with E-state index < -0.39 is 53.8 Å². The Labute approximate surface area is 263 Å². The largest absolute Gasteiger partial charge is 0.444 e. The fourth-order valence-electron chi connectivity index (χ4n) is 5.12. The molecule has 0 aliphatic carbocycles. The predicted molar refractivity (Wildman–Crippen MR) is 175 cm³/mol. The Kier molecular flexibility index (Phi) is 14.1. The molecule has 3 amide bonds. The first-order valence-electron chi connectivity index (χ1n) is 16.0. The Morgan fingerprint density at radius 1 is 0.795 bits per heavy atom. The summed E-state index contributed by atoms with van der Waals surface area (Å²) in [6.07, 6.45) is -1.14. The predicted octanol–water partition coefficient (Wildman–Crippen LogP) is 5.11. The van der Waals surface area contributed by atoms with E-state index in [-0.39, 0.29) is 24.2 Å². The number of fused-ring (bicyclic) bond motifs is 1. The molecular formula is C35H55N3O6. The molecule has 9 heteroatoms. The maximum atomic E-state index is 13.9. The number of rotatable bonds is 15. The van der Waals surface area contributed by atoms with Crippen LogP contribution in [0.1, 0.15) is 87.1 Å². The van der Waals surface area contributed by atoms with Crippen molar-refractivity contribution in [3.8, 4) is 0 Å². The second-order valence-electron chi connectivity index (χ2n) is 13.6. The summed E-state index contributed by atoms with van der Waals surface area (Å²) in [6.45, 7) is 16.7. The first-order valence-corrected chi connectivity index (χ1v) is 16.0. The number of carbonyl (C=O) groups is 3. The quantitative estimate of drug-likeness (QED) is 0.190. The number of hydrogen-bond donors (Lipinski definition) is 5. The first kappa shape index (κ1) is 37.0. The molecule has 7 atom stereocenters. The van der Waals surface area contributed by atoms with Gasteiger partial charge in [0.05, 0.1) is 12.1 Å². The number of ether oxygens (including phenoxy) is 1. The van der Waals surface area contributed by atoms with Gasteiger partial charge in [-0.3, -0.25) is 9.59 Å². The highest BCUT2D eigenvalue weighted by molar-refractivity contribution is 5.92. The zero-order valence-electron chi connectivity index (χ0n) is 28.0. The van der Waals surface area contributed by atoms with Gasteiger partial charge in [0.2, 0.25) is 11.8 Å². The van der Waals surface area contributed by atoms with E-state index in [0.29, 0.717) is 19.3 Å². The van der Waals surface area contributed by atoms with Crippen LogP contribution >= 0.6 is 0 Å². The molecule has 5 N–H and O–H groups in total. The van der Waals surface area contributed by atoms with Gasteiger partial charge in [-0.25, -0.2) is 4.79 Å². The van der Waals surface area contributed by atoms with E-state index in [9.17, 15) is 24.6 Å². The van der Waals surface area contributed by atoms with Gasteiger partial charge in [0.25, 0.3) is 0 Å². The van der Waals surface area contributed by atoms with Crippen LogP contribution in [0.15, 0.2) is 42.5 Å². The maximum Gasteiger partial charge on any atom is 0.408 e. The van der Waals surface area contributed by atoms with Gasteiger partial charge < -0.3 is 30.9 Å². The van der Waals surface area contributed by atoms with E-state index in [4.69, 9.17) is 4.74 Å². The molecule has 246 valence electrons. The van der Waals surface area contributed by atoms with Crippen molar-refractivity contribution < 1.29 is 29.3 Å². The minimum absolute atomic E-state index is 0.138. The lowest BCUT2D eigenvalue weighted by atomic mass is 9.91. The SMILES string of the molecule is CCC(C)C(NC(=O)OC(C)(C)C)C(=O)NC(C(=O)N[C@@H](Cc1ccc2ccccc2c1)[C@@H](O)[C@@H](O)CC(C)C)C(C)CC. The third-order valence-electron chi connectivity index (χ3n) is 8.08. The van der Waals surface area contributed by atoms with Crippen molar-refractivity contribution in [2.75, 3.05) is 0 Å². The van der Waals surface area contributed by atoms with Gasteiger partial charge in [-0.05, 0) is 67.7 Å². The average Bonchev–Trinajstić information content (AvgIpc) is 2.95. The van der Waals surface area contributed by atoms with Crippen molar-refractivity contribution in [2.45, 2.75) is 124 Å². The van der Waals surface area contributed by atoms with Crippen LogP contribution in [-0.4, -0.2) is 64.1 Å². The van der Waals surface area contributed by atoms with Crippen LogP contribution in [0.5, 0.6) is 0 Å². The number of hydrogen-bond acceptors (Lipinski definition) is 6. The van der Waals surface area contributed by atoms with Gasteiger partial charge in [-0.15, -0.1) is 0 Å². The summed E-state index contributed by atoms with van der Waals surface area (Å²) >= 11 is 0. The topological polar surface area (TPSA) is 137 Å². The van der Waals surface area contributed by atoms with Crippen LogP contribution in [0.2, 0.25) is 0 Å². The van der Waals surface area contributed by atoms with E-state index in [1.165, 1.54) is 0 Å². The summed E-state index contributed by atoms with van der Waals surface area (Å²) in [7, 11) is 0. The number of amides is 3. The number of benzene rings is 2. The summed E-state index contributed by atoms with van der Waals surface area (Å²) < 4.78 is 5.39. The lowest BCUT2D eigenvalue weighted by Gasteiger charge is -2.33. The Morgan fingerprint density at radius 2 is 1.34 bits per heavy atom. The smallest absolute Gasteiger partial charge is 0.408 e. The number of aliphatic hydroxyl groups is 2. The molecule has 0 spiro atoms. The number of aliphatic hydroxyl groups excluding tert-OH is 2. The van der Waals surface area contributed by atoms with E-state index in [1.807, 2.05) is 84.0 Å². The van der Waals surface area contributed by atoms with Crippen molar-refractivity contribution >= 4 is 28.7 Å². The van der Waals surface area contributed by atoms with Crippen LogP contribution < -0.4 is 16.0 Å². The van der Waals surface area contributed by atoms with E-state index in [0.717, 1.165) is 16.3 Å². The third kappa shape index (κ3) is 11.4. The molecule has 0 saturated heterocycles. The van der Waals surface area contributed by atoms with Crippen molar-refractivity contribution in [1.82, 2.24) is 16.0 Å². The molecule has 0 bridgehead atoms. The molecular weight excluding hydrogens is 558 g/mol. The van der Waals surface area contributed by atoms with Gasteiger partial charge in [0, 0.05) is 0 Å². The van der Waals surface area contributed by atoms with Gasteiger partial charge in [-0.1, -0.05) is 96.8 Å². The van der Waals surface area contributed by atoms with Crippen molar-refractivity contribution in [3.05, 3.63) is 48.0 Å². The third-order valence-corrected chi connectivity index (χ3v) is 8.08. The van der Waals surface area contributed by atoms with E-state index >= 15 is 0 Å². The summed E-state index contributed by atoms with van der Waals surface area (Å²) in [6, 6.07) is 11.2. The van der Waals surface area contributed by atoms with Crippen molar-refractivity contribution in [1.29, 1.82) is 0 Å². The Balaban J connectivity index is 2.34. The lowest BCUT2D eigenvalue weighted by Crippen LogP contribution is -2.60. The minimum Gasteiger partial charge on any atom is -0.444 e. The molecule has 0 aliphatic rings. The summed E-state index contributed by atoms with van der Waals surface area (Å²) in [5.41, 5.74) is 0.160. The Bertz CT molecular complexity index is 1230. The fourth-order valence-corrected chi connectivity index (χ4v) is 5.12. The second kappa shape index (κ2) is 16.8. The molecule has 0 heterocycles. The maximum absolute atomic E-state index is 13.9. The highest BCUT2D eigenvalue weighted by Gasteiger charge is 2.36. The molecule has 0 radical (unpaired) electrons. The van der Waals surface area contributed by atoms with Crippen LogP contribution in [-0.2, 0) is 20.7 Å². The zero-order valence-corrected chi connectivity index (χ0v) is 28.0. The van der Waals surface area contributed by atoms with Gasteiger partial charge in [0.1, 0.15) is 23.8 Å². The van der Waals surface area contributed by atoms with Crippen LogP contribution in [0.3, 0.4) is 0 Å². The van der Waals surface area contributed by atoms with Gasteiger partial charge >= 0.3 is 6.09 Å². The molecule has 2 aromatic rings. The van der Waals surface area contributed by atoms with Crippen molar-refractivity contribution in [3.63, 3.8) is 0 Å². The molecule has 2 aromatic carbocycles. The molecule has 44 heavy (non-hydrogen) atoms. The lowest BCUT2D eigenvalue weighted by molar-refractivity contribution is -0.133. The first-order chi connectivity index (χ1) is 20.6.